The number of nitrogens with zero attached hydrogens (tertiary/aromatic N) is 1. The molecule has 1 amide bonds. The first-order valence-corrected chi connectivity index (χ1v) is 10.4. The summed E-state index contributed by atoms with van der Waals surface area (Å²) in [6.45, 7) is 2.72. The fourth-order valence-electron chi connectivity index (χ4n) is 3.91. The lowest BCUT2D eigenvalue weighted by Gasteiger charge is -2.37. The molecule has 0 radical (unpaired) electrons. The van der Waals surface area contributed by atoms with Crippen molar-refractivity contribution < 1.29 is 19.8 Å². The molecule has 154 valence electrons. The van der Waals surface area contributed by atoms with Gasteiger partial charge in [0.25, 0.3) is 0 Å². The maximum absolute atomic E-state index is 12.5. The highest BCUT2D eigenvalue weighted by Gasteiger charge is 2.28. The van der Waals surface area contributed by atoms with Gasteiger partial charge in [-0.05, 0) is 38.2 Å². The number of aliphatic hydroxyl groups excluding tert-OH is 1. The summed E-state index contributed by atoms with van der Waals surface area (Å²) in [6.07, 6.45) is 7.94. The number of benzene rings is 1. The smallest absolute Gasteiger partial charge is 0.303 e. The monoisotopic (exact) mass is 387 g/mol. The molecule has 1 saturated heterocycles. The second-order valence-electron chi connectivity index (χ2n) is 7.72. The molecule has 1 aliphatic rings. The minimum Gasteiger partial charge on any atom is -0.481 e. The Hall–Kier alpha value is -2.14. The molecule has 1 aromatic carbocycles. The zero-order valence-corrected chi connectivity index (χ0v) is 16.8. The van der Waals surface area contributed by atoms with Gasteiger partial charge in [-0.2, -0.15) is 0 Å². The Bertz CT molecular complexity index is 656. The van der Waals surface area contributed by atoms with Gasteiger partial charge in [-0.3, -0.25) is 9.59 Å². The quantitative estimate of drug-likeness (QED) is 0.445. The van der Waals surface area contributed by atoms with Gasteiger partial charge < -0.3 is 15.1 Å². The molecular formula is C23H33NO4. The molecule has 0 saturated carbocycles. The summed E-state index contributed by atoms with van der Waals surface area (Å²) in [7, 11) is 0. The van der Waals surface area contributed by atoms with E-state index in [4.69, 9.17) is 5.11 Å². The van der Waals surface area contributed by atoms with Crippen LogP contribution in [0.5, 0.6) is 0 Å². The minimum atomic E-state index is -0.749. The van der Waals surface area contributed by atoms with E-state index in [1.54, 1.807) is 0 Å². The second-order valence-corrected chi connectivity index (χ2v) is 7.72. The molecule has 2 N–H and O–H groups in total. The number of hydrogen-bond acceptors (Lipinski definition) is 3. The van der Waals surface area contributed by atoms with E-state index in [-0.39, 0.29) is 18.4 Å². The number of carboxylic acids is 1. The second kappa shape index (κ2) is 11.6. The third-order valence-corrected chi connectivity index (χ3v) is 5.37. The fraction of sp³-hybridized carbons (Fsp3) is 0.565. The predicted octanol–water partition coefficient (Wildman–Crippen LogP) is 3.95. The SMILES string of the molecule is C/C(=C\C(O)Cc1ccccc1)[C@H]1CCCC(=O)N1CCCCCCC(=O)O. The molecule has 5 nitrogen and oxygen atoms in total. The van der Waals surface area contributed by atoms with Gasteiger partial charge in [0.2, 0.25) is 5.91 Å². The van der Waals surface area contributed by atoms with Crippen molar-refractivity contribution in [2.45, 2.75) is 76.9 Å². The van der Waals surface area contributed by atoms with Crippen LogP contribution in [0.2, 0.25) is 0 Å². The fourth-order valence-corrected chi connectivity index (χ4v) is 3.91. The first-order chi connectivity index (χ1) is 13.5. The van der Waals surface area contributed by atoms with Crippen LogP contribution in [-0.2, 0) is 16.0 Å². The van der Waals surface area contributed by atoms with E-state index in [2.05, 4.69) is 0 Å². The number of amides is 1. The third-order valence-electron chi connectivity index (χ3n) is 5.37. The molecular weight excluding hydrogens is 354 g/mol. The molecule has 5 heteroatoms. The molecule has 0 aliphatic carbocycles. The molecule has 2 rings (SSSR count). The van der Waals surface area contributed by atoms with Gasteiger partial charge >= 0.3 is 5.97 Å². The number of carbonyl (C=O) groups excluding carboxylic acids is 1. The lowest BCUT2D eigenvalue weighted by atomic mass is 9.93. The maximum Gasteiger partial charge on any atom is 0.303 e. The molecule has 1 heterocycles. The predicted molar refractivity (Wildman–Crippen MR) is 110 cm³/mol. The highest BCUT2D eigenvalue weighted by molar-refractivity contribution is 5.77. The van der Waals surface area contributed by atoms with E-state index < -0.39 is 12.1 Å². The highest BCUT2D eigenvalue weighted by Crippen LogP contribution is 2.25. The zero-order chi connectivity index (χ0) is 20.4. The van der Waals surface area contributed by atoms with Crippen molar-refractivity contribution in [3.8, 4) is 0 Å². The number of aliphatic carboxylic acids is 1. The third kappa shape index (κ3) is 7.47. The number of rotatable bonds is 11. The molecule has 1 aliphatic heterocycles. The van der Waals surface area contributed by atoms with Crippen molar-refractivity contribution in [3.05, 3.63) is 47.5 Å². The number of hydrogen-bond donors (Lipinski definition) is 2. The summed E-state index contributed by atoms with van der Waals surface area (Å²) < 4.78 is 0. The van der Waals surface area contributed by atoms with Crippen molar-refractivity contribution in [1.82, 2.24) is 4.90 Å². The highest BCUT2D eigenvalue weighted by atomic mass is 16.4. The van der Waals surface area contributed by atoms with Gasteiger partial charge in [0.1, 0.15) is 0 Å². The summed E-state index contributed by atoms with van der Waals surface area (Å²) in [6, 6.07) is 9.98. The summed E-state index contributed by atoms with van der Waals surface area (Å²) in [5.41, 5.74) is 2.15. The van der Waals surface area contributed by atoms with Crippen molar-refractivity contribution in [2.24, 2.45) is 0 Å². The van der Waals surface area contributed by atoms with E-state index in [0.717, 1.165) is 43.2 Å². The van der Waals surface area contributed by atoms with Crippen LogP contribution < -0.4 is 0 Å². The first kappa shape index (κ1) is 22.2. The van der Waals surface area contributed by atoms with Gasteiger partial charge in [0, 0.05) is 25.8 Å². The number of carboxylic acid groups (broad SMARTS) is 1. The van der Waals surface area contributed by atoms with E-state index >= 15 is 0 Å². The van der Waals surface area contributed by atoms with Gasteiger partial charge in [0.15, 0.2) is 0 Å². The van der Waals surface area contributed by atoms with Crippen molar-refractivity contribution in [2.75, 3.05) is 6.54 Å². The summed E-state index contributed by atoms with van der Waals surface area (Å²) in [5.74, 6) is -0.562. The van der Waals surface area contributed by atoms with Crippen LogP contribution >= 0.6 is 0 Å². The lowest BCUT2D eigenvalue weighted by Crippen LogP contribution is -2.45. The number of aliphatic hydroxyl groups is 1. The minimum absolute atomic E-state index is 0.0608. The zero-order valence-electron chi connectivity index (χ0n) is 16.8. The van der Waals surface area contributed by atoms with Crippen LogP contribution in [-0.4, -0.2) is 45.7 Å². The normalized spacial score (nSPS) is 18.9. The van der Waals surface area contributed by atoms with Crippen molar-refractivity contribution >= 4 is 11.9 Å². The Morgan fingerprint density at radius 2 is 1.93 bits per heavy atom. The van der Waals surface area contributed by atoms with Crippen molar-refractivity contribution in [3.63, 3.8) is 0 Å². The van der Waals surface area contributed by atoms with E-state index in [1.807, 2.05) is 48.2 Å². The van der Waals surface area contributed by atoms with E-state index in [9.17, 15) is 14.7 Å². The van der Waals surface area contributed by atoms with Gasteiger partial charge in [-0.15, -0.1) is 0 Å². The lowest BCUT2D eigenvalue weighted by molar-refractivity contribution is -0.137. The average molecular weight is 388 g/mol. The van der Waals surface area contributed by atoms with Gasteiger partial charge in [-0.1, -0.05) is 54.8 Å². The van der Waals surface area contributed by atoms with Crippen LogP contribution in [0.4, 0.5) is 0 Å². The number of likely N-dealkylation sites (tertiary alicyclic amines) is 1. The molecule has 1 fully saturated rings. The molecule has 1 unspecified atom stereocenters. The molecule has 28 heavy (non-hydrogen) atoms. The van der Waals surface area contributed by atoms with Crippen LogP contribution in [0.25, 0.3) is 0 Å². The van der Waals surface area contributed by atoms with Crippen molar-refractivity contribution in [1.29, 1.82) is 0 Å². The Morgan fingerprint density at radius 1 is 1.21 bits per heavy atom. The van der Waals surface area contributed by atoms with Gasteiger partial charge in [-0.25, -0.2) is 0 Å². The largest absolute Gasteiger partial charge is 0.481 e. The number of piperidine rings is 1. The average Bonchev–Trinajstić information content (AvgIpc) is 2.65. The Morgan fingerprint density at radius 3 is 2.64 bits per heavy atom. The number of unbranched alkanes of at least 4 members (excludes halogenated alkanes) is 3. The van der Waals surface area contributed by atoms with Gasteiger partial charge in [0.05, 0.1) is 12.1 Å². The van der Waals surface area contributed by atoms with Crippen LogP contribution in [0, 0.1) is 0 Å². The first-order valence-electron chi connectivity index (χ1n) is 10.4. The molecule has 1 aromatic rings. The topological polar surface area (TPSA) is 77.8 Å². The summed E-state index contributed by atoms with van der Waals surface area (Å²) in [4.78, 5) is 25.0. The number of carbonyl (C=O) groups is 2. The van der Waals surface area contributed by atoms with Crippen LogP contribution in [0.15, 0.2) is 42.0 Å². The van der Waals surface area contributed by atoms with E-state index in [1.165, 1.54) is 0 Å². The Kier molecular flexibility index (Phi) is 9.21. The van der Waals surface area contributed by atoms with E-state index in [0.29, 0.717) is 25.8 Å². The standard InChI is InChI=1S/C23H33NO4/c1-18(16-20(25)17-19-10-5-4-6-11-19)21-12-9-13-22(26)24(21)15-8-3-2-7-14-23(27)28/h4-6,10-11,16,20-21,25H,2-3,7-9,12-15,17H2,1H3,(H,27,28)/b18-16+/t20?,21-/m1/s1. The summed E-state index contributed by atoms with van der Waals surface area (Å²) >= 11 is 0. The summed E-state index contributed by atoms with van der Waals surface area (Å²) in [5, 5.41) is 19.1. The molecule has 0 aromatic heterocycles. The molecule has 2 atom stereocenters. The Labute approximate surface area is 168 Å². The van der Waals surface area contributed by atoms with Crippen LogP contribution in [0.3, 0.4) is 0 Å². The molecule has 0 bridgehead atoms. The maximum atomic E-state index is 12.5. The Balaban J connectivity index is 1.88. The van der Waals surface area contributed by atoms with Crippen LogP contribution in [0.1, 0.15) is 63.9 Å². The molecule has 0 spiro atoms.